The highest BCUT2D eigenvalue weighted by atomic mass is 16.5. The van der Waals surface area contributed by atoms with Crippen LogP contribution in [0.15, 0.2) is 0 Å². The molecule has 0 aromatic rings. The predicted octanol–water partition coefficient (Wildman–Crippen LogP) is 2.90. The second-order valence-corrected chi connectivity index (χ2v) is 12.0. The molecule has 6 heteroatoms. The van der Waals surface area contributed by atoms with Gasteiger partial charge in [0.1, 0.15) is 6.61 Å². The number of carbonyl (C=O) groups is 1. The summed E-state index contributed by atoms with van der Waals surface area (Å²) in [5.41, 5.74) is -0.153. The largest absolute Gasteiger partial charge is 0.463 e. The number of fused-ring (bicyclic) bond motifs is 5. The lowest BCUT2D eigenvalue weighted by atomic mass is 9.43. The third kappa shape index (κ3) is 3.93. The average molecular weight is 453 g/mol. The highest BCUT2D eigenvalue weighted by molar-refractivity contribution is 5.69. The Kier molecular flexibility index (Phi) is 7.00. The third-order valence-electron chi connectivity index (χ3n) is 10.7. The normalized spacial score (nSPS) is 49.0. The van der Waals surface area contributed by atoms with Gasteiger partial charge < -0.3 is 25.2 Å². The molecule has 4 rings (SSSR count). The van der Waals surface area contributed by atoms with Crippen molar-refractivity contribution in [3.8, 4) is 0 Å². The van der Waals surface area contributed by atoms with E-state index in [9.17, 15) is 20.1 Å². The van der Waals surface area contributed by atoms with Gasteiger partial charge >= 0.3 is 5.97 Å². The monoisotopic (exact) mass is 452 g/mol. The number of esters is 1. The lowest BCUT2D eigenvalue weighted by molar-refractivity contribution is -0.207. The summed E-state index contributed by atoms with van der Waals surface area (Å²) in [6.07, 6.45) is 6.20. The summed E-state index contributed by atoms with van der Waals surface area (Å²) in [6.45, 7) is 6.68. The van der Waals surface area contributed by atoms with Crippen LogP contribution in [0.25, 0.3) is 0 Å². The fourth-order valence-electron chi connectivity index (χ4n) is 8.91. The van der Waals surface area contributed by atoms with Gasteiger partial charge in [-0.05, 0) is 97.7 Å². The zero-order valence-corrected chi connectivity index (χ0v) is 20.1. The van der Waals surface area contributed by atoms with Crippen molar-refractivity contribution in [2.75, 3.05) is 13.2 Å². The molecule has 0 aromatic carbocycles. The first kappa shape index (κ1) is 24.4. The SMILES string of the molecule is C[C@H](CCC(=O)OCCO)[C@H]1CCC2C3C(C[C@H](O)[C@@]21C)[C@@]1(C)CC[C@@H](O)C[C@H]1C[C@H]3O. The van der Waals surface area contributed by atoms with E-state index >= 15 is 0 Å². The van der Waals surface area contributed by atoms with E-state index in [-0.39, 0.29) is 54.1 Å². The van der Waals surface area contributed by atoms with Gasteiger partial charge in [-0.3, -0.25) is 4.79 Å². The Morgan fingerprint density at radius 2 is 1.81 bits per heavy atom. The maximum Gasteiger partial charge on any atom is 0.305 e. The van der Waals surface area contributed by atoms with Crippen molar-refractivity contribution >= 4 is 5.97 Å². The molecule has 4 aliphatic rings. The molecular weight excluding hydrogens is 408 g/mol. The summed E-state index contributed by atoms with van der Waals surface area (Å²) in [6, 6.07) is 0. The lowest BCUT2D eigenvalue weighted by Gasteiger charge is -2.63. The van der Waals surface area contributed by atoms with Crippen LogP contribution < -0.4 is 0 Å². The van der Waals surface area contributed by atoms with Crippen LogP contribution in [0.5, 0.6) is 0 Å². The Labute approximate surface area is 192 Å². The highest BCUT2D eigenvalue weighted by Gasteiger charge is 2.65. The molecule has 32 heavy (non-hydrogen) atoms. The van der Waals surface area contributed by atoms with E-state index in [2.05, 4.69) is 20.8 Å². The van der Waals surface area contributed by atoms with Gasteiger partial charge in [0.05, 0.1) is 24.9 Å². The second-order valence-electron chi connectivity index (χ2n) is 12.0. The maximum atomic E-state index is 11.9. The molecule has 4 saturated carbocycles. The Morgan fingerprint density at radius 3 is 2.53 bits per heavy atom. The summed E-state index contributed by atoms with van der Waals surface area (Å²) >= 11 is 0. The van der Waals surface area contributed by atoms with Crippen LogP contribution in [0.3, 0.4) is 0 Å². The molecule has 0 amide bonds. The summed E-state index contributed by atoms with van der Waals surface area (Å²) < 4.78 is 5.02. The van der Waals surface area contributed by atoms with Crippen molar-refractivity contribution in [1.82, 2.24) is 0 Å². The van der Waals surface area contributed by atoms with E-state index in [1.807, 2.05) is 0 Å². The minimum Gasteiger partial charge on any atom is -0.463 e. The zero-order chi connectivity index (χ0) is 23.3. The standard InChI is InChI=1S/C26H44O6/c1-15(4-7-23(31)32-11-10-27)18-5-6-19-24-20(14-22(30)26(18,19)3)25(2)9-8-17(28)12-16(25)13-21(24)29/h15-22,24,27-30H,4-14H2,1-3H3/t15-,16+,17-,18-,19?,20?,21-,22+,24?,25+,26-/m1/s1. The average Bonchev–Trinajstić information content (AvgIpc) is 3.11. The van der Waals surface area contributed by atoms with Gasteiger partial charge in [-0.15, -0.1) is 0 Å². The van der Waals surface area contributed by atoms with Crippen molar-refractivity contribution in [2.24, 2.45) is 46.3 Å². The Hall–Kier alpha value is -0.690. The van der Waals surface area contributed by atoms with Crippen LogP contribution in [-0.2, 0) is 9.53 Å². The summed E-state index contributed by atoms with van der Waals surface area (Å²) in [4.78, 5) is 11.9. The van der Waals surface area contributed by atoms with Crippen molar-refractivity contribution in [3.05, 3.63) is 0 Å². The van der Waals surface area contributed by atoms with E-state index in [0.29, 0.717) is 30.1 Å². The minimum absolute atomic E-state index is 0.0485. The fraction of sp³-hybridized carbons (Fsp3) is 0.962. The summed E-state index contributed by atoms with van der Waals surface area (Å²) in [5, 5.41) is 42.0. The van der Waals surface area contributed by atoms with Gasteiger partial charge in [0.2, 0.25) is 0 Å². The second kappa shape index (κ2) is 9.16. The van der Waals surface area contributed by atoms with Crippen LogP contribution in [-0.4, -0.2) is 57.9 Å². The number of hydrogen-bond acceptors (Lipinski definition) is 6. The molecule has 0 spiro atoms. The molecule has 0 bridgehead atoms. The van der Waals surface area contributed by atoms with Crippen molar-refractivity contribution in [3.63, 3.8) is 0 Å². The molecule has 3 unspecified atom stereocenters. The van der Waals surface area contributed by atoms with Crippen molar-refractivity contribution < 1.29 is 30.0 Å². The van der Waals surface area contributed by atoms with Crippen LogP contribution in [0.2, 0.25) is 0 Å². The molecule has 0 heterocycles. The molecule has 11 atom stereocenters. The molecule has 4 N–H and O–H groups in total. The molecule has 4 aliphatic carbocycles. The first-order valence-corrected chi connectivity index (χ1v) is 12.9. The van der Waals surface area contributed by atoms with Crippen LogP contribution in [0.1, 0.15) is 78.6 Å². The third-order valence-corrected chi connectivity index (χ3v) is 10.7. The van der Waals surface area contributed by atoms with Gasteiger partial charge in [0, 0.05) is 6.42 Å². The number of carbonyl (C=O) groups excluding carboxylic acids is 1. The van der Waals surface area contributed by atoms with Crippen LogP contribution in [0.4, 0.5) is 0 Å². The smallest absolute Gasteiger partial charge is 0.305 e. The Morgan fingerprint density at radius 1 is 1.06 bits per heavy atom. The molecule has 0 aliphatic heterocycles. The van der Waals surface area contributed by atoms with Crippen molar-refractivity contribution in [2.45, 2.75) is 96.9 Å². The van der Waals surface area contributed by atoms with E-state index in [1.54, 1.807) is 0 Å². The number of aliphatic hydroxyl groups is 4. The van der Waals surface area contributed by atoms with Gasteiger partial charge in [0.15, 0.2) is 0 Å². The minimum atomic E-state index is -0.403. The first-order valence-electron chi connectivity index (χ1n) is 12.9. The lowest BCUT2D eigenvalue weighted by Crippen LogP contribution is -2.62. The van der Waals surface area contributed by atoms with Gasteiger partial charge in [0.25, 0.3) is 0 Å². The van der Waals surface area contributed by atoms with Crippen LogP contribution >= 0.6 is 0 Å². The molecule has 0 saturated heterocycles. The topological polar surface area (TPSA) is 107 Å². The van der Waals surface area contributed by atoms with Gasteiger partial charge in [-0.1, -0.05) is 20.8 Å². The Bertz CT molecular complexity index is 683. The van der Waals surface area contributed by atoms with E-state index in [4.69, 9.17) is 9.84 Å². The molecule has 0 aromatic heterocycles. The maximum absolute atomic E-state index is 11.9. The highest BCUT2D eigenvalue weighted by Crippen LogP contribution is 2.68. The fourth-order valence-corrected chi connectivity index (χ4v) is 8.91. The first-order chi connectivity index (χ1) is 15.1. The quantitative estimate of drug-likeness (QED) is 0.462. The van der Waals surface area contributed by atoms with E-state index < -0.39 is 6.10 Å². The van der Waals surface area contributed by atoms with Gasteiger partial charge in [-0.2, -0.15) is 0 Å². The Balaban J connectivity index is 1.51. The molecule has 4 fully saturated rings. The number of ether oxygens (including phenoxy) is 1. The zero-order valence-electron chi connectivity index (χ0n) is 20.1. The predicted molar refractivity (Wildman–Crippen MR) is 120 cm³/mol. The number of rotatable bonds is 6. The molecule has 6 nitrogen and oxygen atoms in total. The number of aliphatic hydroxyl groups excluding tert-OH is 4. The molecule has 184 valence electrons. The van der Waals surface area contributed by atoms with Crippen LogP contribution in [0, 0.1) is 46.3 Å². The number of hydrogen-bond donors (Lipinski definition) is 4. The van der Waals surface area contributed by atoms with Gasteiger partial charge in [-0.25, -0.2) is 0 Å². The van der Waals surface area contributed by atoms with E-state index in [0.717, 1.165) is 51.4 Å². The summed E-state index contributed by atoms with van der Waals surface area (Å²) in [5.74, 6) is 1.48. The van der Waals surface area contributed by atoms with E-state index in [1.165, 1.54) is 0 Å². The summed E-state index contributed by atoms with van der Waals surface area (Å²) in [7, 11) is 0. The molecular formula is C26H44O6. The molecule has 0 radical (unpaired) electrons. The van der Waals surface area contributed by atoms with Crippen molar-refractivity contribution in [1.29, 1.82) is 0 Å².